The van der Waals surface area contributed by atoms with Gasteiger partial charge in [0.25, 0.3) is 0 Å². The zero-order valence-corrected chi connectivity index (χ0v) is 13.4. The van der Waals surface area contributed by atoms with Crippen LogP contribution in [0.25, 0.3) is 0 Å². The second-order valence-corrected chi connectivity index (χ2v) is 6.55. The van der Waals surface area contributed by atoms with Gasteiger partial charge in [0.05, 0.1) is 6.61 Å². The smallest absolute Gasteiger partial charge is 0.241 e. The molecule has 6 heteroatoms. The predicted octanol–water partition coefficient (Wildman–Crippen LogP) is 0.132. The lowest BCUT2D eigenvalue weighted by atomic mass is 10.1. The molecule has 6 nitrogen and oxygen atoms in total. The zero-order valence-electron chi connectivity index (χ0n) is 13.4. The van der Waals surface area contributed by atoms with Gasteiger partial charge in [-0.3, -0.25) is 15.1 Å². The molecule has 1 aromatic carbocycles. The number of carbonyl (C=O) groups is 1. The number of nitrogens with one attached hydrogen (secondary N) is 2. The molecule has 1 amide bonds. The zero-order chi connectivity index (χ0) is 15.6. The SMILES string of the molecule is O=C(C1CCNN1)N1CCN(Cc2ccc3c(c2)CCO3)CC1. The number of benzene rings is 1. The van der Waals surface area contributed by atoms with Gasteiger partial charge in [0, 0.05) is 45.7 Å². The van der Waals surface area contributed by atoms with Gasteiger partial charge < -0.3 is 9.64 Å². The molecular formula is C17H24N4O2. The summed E-state index contributed by atoms with van der Waals surface area (Å²) in [5.74, 6) is 1.28. The van der Waals surface area contributed by atoms with E-state index in [0.29, 0.717) is 0 Å². The summed E-state index contributed by atoms with van der Waals surface area (Å²) in [5, 5.41) is 0. The van der Waals surface area contributed by atoms with Crippen LogP contribution in [-0.2, 0) is 17.8 Å². The Morgan fingerprint density at radius 1 is 1.26 bits per heavy atom. The van der Waals surface area contributed by atoms with Crippen molar-refractivity contribution in [2.75, 3.05) is 39.3 Å². The second-order valence-electron chi connectivity index (χ2n) is 6.55. The molecule has 124 valence electrons. The largest absolute Gasteiger partial charge is 0.493 e. The van der Waals surface area contributed by atoms with E-state index in [0.717, 1.165) is 64.5 Å². The minimum Gasteiger partial charge on any atom is -0.493 e. The van der Waals surface area contributed by atoms with E-state index < -0.39 is 0 Å². The molecular weight excluding hydrogens is 292 g/mol. The van der Waals surface area contributed by atoms with Crippen LogP contribution in [0.5, 0.6) is 5.75 Å². The van der Waals surface area contributed by atoms with Gasteiger partial charge in [-0.2, -0.15) is 0 Å². The van der Waals surface area contributed by atoms with E-state index in [-0.39, 0.29) is 11.9 Å². The molecule has 2 N–H and O–H groups in total. The number of nitrogens with zero attached hydrogens (tertiary/aromatic N) is 2. The fourth-order valence-corrected chi connectivity index (χ4v) is 3.61. The van der Waals surface area contributed by atoms with E-state index >= 15 is 0 Å². The molecule has 0 saturated carbocycles. The van der Waals surface area contributed by atoms with Crippen LogP contribution < -0.4 is 15.6 Å². The maximum atomic E-state index is 12.4. The van der Waals surface area contributed by atoms with Crippen molar-refractivity contribution < 1.29 is 9.53 Å². The van der Waals surface area contributed by atoms with Crippen LogP contribution in [0.1, 0.15) is 17.5 Å². The molecule has 2 saturated heterocycles. The first-order valence-corrected chi connectivity index (χ1v) is 8.54. The molecule has 4 rings (SSSR count). The van der Waals surface area contributed by atoms with Crippen LogP contribution >= 0.6 is 0 Å². The van der Waals surface area contributed by atoms with E-state index in [2.05, 4.69) is 34.0 Å². The number of fused-ring (bicyclic) bond motifs is 1. The molecule has 0 bridgehead atoms. The van der Waals surface area contributed by atoms with Crippen molar-refractivity contribution in [1.82, 2.24) is 20.7 Å². The minimum atomic E-state index is -0.0433. The van der Waals surface area contributed by atoms with Crippen molar-refractivity contribution in [1.29, 1.82) is 0 Å². The number of hydrazine groups is 1. The van der Waals surface area contributed by atoms with Gasteiger partial charge in [-0.25, -0.2) is 5.43 Å². The van der Waals surface area contributed by atoms with Gasteiger partial charge in [-0.15, -0.1) is 0 Å². The first-order valence-electron chi connectivity index (χ1n) is 8.54. The Hall–Kier alpha value is -1.63. The Kier molecular flexibility index (Phi) is 4.20. The van der Waals surface area contributed by atoms with Gasteiger partial charge in [0.1, 0.15) is 11.8 Å². The average molecular weight is 316 g/mol. The molecule has 2 fully saturated rings. The Bertz CT molecular complexity index is 578. The van der Waals surface area contributed by atoms with Gasteiger partial charge in [0.15, 0.2) is 0 Å². The van der Waals surface area contributed by atoms with Crippen molar-refractivity contribution in [3.05, 3.63) is 29.3 Å². The fraction of sp³-hybridized carbons (Fsp3) is 0.588. The quantitative estimate of drug-likeness (QED) is 0.830. The first-order chi connectivity index (χ1) is 11.3. The lowest BCUT2D eigenvalue weighted by molar-refractivity contribution is -0.135. The fourth-order valence-electron chi connectivity index (χ4n) is 3.61. The van der Waals surface area contributed by atoms with Crippen LogP contribution in [0, 0.1) is 0 Å². The number of rotatable bonds is 3. The highest BCUT2D eigenvalue weighted by molar-refractivity contribution is 5.82. The lowest BCUT2D eigenvalue weighted by Gasteiger charge is -2.35. The molecule has 0 spiro atoms. The summed E-state index contributed by atoms with van der Waals surface area (Å²) in [6, 6.07) is 6.48. The standard InChI is InChI=1S/C17H24N4O2/c22-17(15-3-5-18-19-15)21-8-6-20(7-9-21)12-13-1-2-16-14(11-13)4-10-23-16/h1-2,11,15,18-19H,3-10,12H2. The molecule has 1 atom stereocenters. The van der Waals surface area contributed by atoms with Crippen molar-refractivity contribution >= 4 is 5.91 Å². The summed E-state index contributed by atoms with van der Waals surface area (Å²) in [6.45, 7) is 6.18. The molecule has 0 aromatic heterocycles. The maximum Gasteiger partial charge on any atom is 0.241 e. The van der Waals surface area contributed by atoms with Gasteiger partial charge in [0.2, 0.25) is 5.91 Å². The second kappa shape index (κ2) is 6.47. The van der Waals surface area contributed by atoms with E-state index in [1.807, 2.05) is 4.90 Å². The van der Waals surface area contributed by atoms with Gasteiger partial charge >= 0.3 is 0 Å². The minimum absolute atomic E-state index is 0.0433. The van der Waals surface area contributed by atoms with Crippen molar-refractivity contribution in [2.45, 2.75) is 25.4 Å². The average Bonchev–Trinajstić information content (AvgIpc) is 3.26. The highest BCUT2D eigenvalue weighted by Crippen LogP contribution is 2.26. The number of carbonyl (C=O) groups excluding carboxylic acids is 1. The van der Waals surface area contributed by atoms with Crippen LogP contribution in [0.2, 0.25) is 0 Å². The van der Waals surface area contributed by atoms with Crippen molar-refractivity contribution in [3.63, 3.8) is 0 Å². The highest BCUT2D eigenvalue weighted by Gasteiger charge is 2.29. The maximum absolute atomic E-state index is 12.4. The van der Waals surface area contributed by atoms with Crippen LogP contribution in [0.3, 0.4) is 0 Å². The summed E-state index contributed by atoms with van der Waals surface area (Å²) in [4.78, 5) is 16.8. The first kappa shape index (κ1) is 14.9. The Morgan fingerprint density at radius 2 is 2.13 bits per heavy atom. The van der Waals surface area contributed by atoms with Gasteiger partial charge in [-0.1, -0.05) is 12.1 Å². The van der Waals surface area contributed by atoms with E-state index in [1.165, 1.54) is 11.1 Å². The number of amides is 1. The third-order valence-corrected chi connectivity index (χ3v) is 4.98. The van der Waals surface area contributed by atoms with Gasteiger partial charge in [-0.05, 0) is 23.6 Å². The summed E-state index contributed by atoms with van der Waals surface area (Å²) in [5.41, 5.74) is 8.77. The lowest BCUT2D eigenvalue weighted by Crippen LogP contribution is -2.53. The van der Waals surface area contributed by atoms with Crippen molar-refractivity contribution in [2.24, 2.45) is 0 Å². The van der Waals surface area contributed by atoms with Crippen LogP contribution in [-0.4, -0.2) is 61.1 Å². The molecule has 0 aliphatic carbocycles. The number of piperazine rings is 1. The molecule has 1 unspecified atom stereocenters. The molecule has 3 aliphatic heterocycles. The summed E-state index contributed by atoms with van der Waals surface area (Å²) in [7, 11) is 0. The van der Waals surface area contributed by atoms with Crippen LogP contribution in [0.4, 0.5) is 0 Å². The molecule has 23 heavy (non-hydrogen) atoms. The predicted molar refractivity (Wildman–Crippen MR) is 87.0 cm³/mol. The third-order valence-electron chi connectivity index (χ3n) is 4.98. The molecule has 0 radical (unpaired) electrons. The van der Waals surface area contributed by atoms with E-state index in [9.17, 15) is 4.79 Å². The van der Waals surface area contributed by atoms with Crippen LogP contribution in [0.15, 0.2) is 18.2 Å². The monoisotopic (exact) mass is 316 g/mol. The number of ether oxygens (including phenoxy) is 1. The normalized spacial score (nSPS) is 24.5. The van der Waals surface area contributed by atoms with E-state index in [4.69, 9.17) is 4.74 Å². The number of hydrogen-bond acceptors (Lipinski definition) is 5. The summed E-state index contributed by atoms with van der Waals surface area (Å²) in [6.07, 6.45) is 1.91. The number of hydrogen-bond donors (Lipinski definition) is 2. The Morgan fingerprint density at radius 3 is 2.91 bits per heavy atom. The third kappa shape index (κ3) is 3.20. The Balaban J connectivity index is 1.30. The molecule has 3 aliphatic rings. The Labute approximate surface area is 136 Å². The topological polar surface area (TPSA) is 56.8 Å². The van der Waals surface area contributed by atoms with E-state index in [1.54, 1.807) is 0 Å². The highest BCUT2D eigenvalue weighted by atomic mass is 16.5. The molecule has 1 aromatic rings. The molecule has 3 heterocycles. The summed E-state index contributed by atoms with van der Waals surface area (Å²) < 4.78 is 5.56. The summed E-state index contributed by atoms with van der Waals surface area (Å²) >= 11 is 0. The van der Waals surface area contributed by atoms with Crippen molar-refractivity contribution in [3.8, 4) is 5.75 Å².